The number of nitrogens with two attached hydrogens (primary N) is 2. The first-order valence-electron chi connectivity index (χ1n) is 3.62. The number of hydrogen-bond donors (Lipinski definition) is 2. The zero-order chi connectivity index (χ0) is 9.42. The molecule has 66 valence electrons. The second-order valence-electron chi connectivity index (χ2n) is 2.58. The zero-order valence-corrected chi connectivity index (χ0v) is 6.65. The number of amides is 1. The van der Waals surface area contributed by atoms with E-state index >= 15 is 0 Å². The van der Waals surface area contributed by atoms with Crippen LogP contribution in [0.25, 0.3) is 11.0 Å². The average Bonchev–Trinajstić information content (AvgIpc) is 2.45. The Labute approximate surface area is 73.3 Å². The van der Waals surface area contributed by atoms with Crippen molar-refractivity contribution >= 4 is 22.6 Å². The van der Waals surface area contributed by atoms with E-state index in [2.05, 4.69) is 4.98 Å². The van der Waals surface area contributed by atoms with E-state index in [1.807, 2.05) is 0 Å². The first-order valence-corrected chi connectivity index (χ1v) is 3.62. The van der Waals surface area contributed by atoms with Gasteiger partial charge in [-0.15, -0.1) is 0 Å². The van der Waals surface area contributed by atoms with Gasteiger partial charge in [-0.3, -0.25) is 9.78 Å². The van der Waals surface area contributed by atoms with Gasteiger partial charge in [-0.2, -0.15) is 0 Å². The van der Waals surface area contributed by atoms with Crippen molar-refractivity contribution in [1.82, 2.24) is 4.98 Å². The van der Waals surface area contributed by atoms with Gasteiger partial charge in [-0.05, 0) is 6.07 Å². The highest BCUT2D eigenvalue weighted by molar-refractivity contribution is 6.04. The van der Waals surface area contributed by atoms with Crippen molar-refractivity contribution in [2.24, 2.45) is 5.73 Å². The third kappa shape index (κ3) is 1.01. The van der Waals surface area contributed by atoms with Crippen LogP contribution in [0.5, 0.6) is 0 Å². The molecule has 0 atom stereocenters. The van der Waals surface area contributed by atoms with Crippen molar-refractivity contribution < 1.29 is 9.21 Å². The summed E-state index contributed by atoms with van der Waals surface area (Å²) in [4.78, 5) is 14.7. The molecule has 0 radical (unpaired) electrons. The minimum atomic E-state index is -0.672. The summed E-state index contributed by atoms with van der Waals surface area (Å²) in [5.74, 6) is -0.684. The molecule has 0 spiro atoms. The maximum Gasteiger partial charge on any atom is 0.286 e. The molecule has 2 rings (SSSR count). The Morgan fingerprint density at radius 3 is 2.92 bits per heavy atom. The van der Waals surface area contributed by atoms with Crippen LogP contribution in [-0.2, 0) is 0 Å². The van der Waals surface area contributed by atoms with Crippen LogP contribution >= 0.6 is 0 Å². The quantitative estimate of drug-likeness (QED) is 0.663. The molecule has 2 aromatic rings. The third-order valence-electron chi connectivity index (χ3n) is 1.75. The number of carbonyl (C=O) groups is 1. The Morgan fingerprint density at radius 1 is 1.54 bits per heavy atom. The van der Waals surface area contributed by atoms with Gasteiger partial charge in [-0.25, -0.2) is 0 Å². The SMILES string of the molecule is NC(=O)c1oc2ccncc2c1N. The molecule has 2 aromatic heterocycles. The Morgan fingerprint density at radius 2 is 2.31 bits per heavy atom. The lowest BCUT2D eigenvalue weighted by atomic mass is 10.2. The number of furan rings is 1. The molecular formula is C8H7N3O2. The fourth-order valence-corrected chi connectivity index (χ4v) is 1.14. The number of hydrogen-bond acceptors (Lipinski definition) is 4. The van der Waals surface area contributed by atoms with E-state index in [1.165, 1.54) is 6.20 Å². The Balaban J connectivity index is 2.81. The summed E-state index contributed by atoms with van der Waals surface area (Å²) in [5.41, 5.74) is 11.4. The smallest absolute Gasteiger partial charge is 0.286 e. The van der Waals surface area contributed by atoms with Gasteiger partial charge in [0.05, 0.1) is 11.1 Å². The molecule has 5 nitrogen and oxygen atoms in total. The Hall–Kier alpha value is -2.04. The summed E-state index contributed by atoms with van der Waals surface area (Å²) in [7, 11) is 0. The number of pyridine rings is 1. The second kappa shape index (κ2) is 2.48. The van der Waals surface area contributed by atoms with Gasteiger partial charge in [0.25, 0.3) is 5.91 Å². The van der Waals surface area contributed by atoms with E-state index < -0.39 is 5.91 Å². The highest BCUT2D eigenvalue weighted by Crippen LogP contribution is 2.26. The number of aromatic nitrogens is 1. The van der Waals surface area contributed by atoms with Gasteiger partial charge in [0.2, 0.25) is 5.76 Å². The number of fused-ring (bicyclic) bond motifs is 1. The number of rotatable bonds is 1. The van der Waals surface area contributed by atoms with E-state index in [9.17, 15) is 4.79 Å². The fraction of sp³-hybridized carbons (Fsp3) is 0. The van der Waals surface area contributed by atoms with Crippen LogP contribution in [0.15, 0.2) is 22.9 Å². The molecular weight excluding hydrogens is 170 g/mol. The lowest BCUT2D eigenvalue weighted by molar-refractivity contribution is 0.0977. The minimum Gasteiger partial charge on any atom is -0.449 e. The van der Waals surface area contributed by atoms with E-state index in [0.717, 1.165) is 0 Å². The second-order valence-corrected chi connectivity index (χ2v) is 2.58. The van der Waals surface area contributed by atoms with Crippen molar-refractivity contribution in [2.75, 3.05) is 5.73 Å². The molecule has 1 amide bonds. The first-order chi connectivity index (χ1) is 6.20. The van der Waals surface area contributed by atoms with E-state index in [0.29, 0.717) is 11.0 Å². The number of anilines is 1. The van der Waals surface area contributed by atoms with Gasteiger partial charge in [0.15, 0.2) is 0 Å². The third-order valence-corrected chi connectivity index (χ3v) is 1.75. The van der Waals surface area contributed by atoms with E-state index in [1.54, 1.807) is 12.3 Å². The zero-order valence-electron chi connectivity index (χ0n) is 6.65. The average molecular weight is 177 g/mol. The van der Waals surface area contributed by atoms with Crippen LogP contribution in [-0.4, -0.2) is 10.9 Å². The van der Waals surface area contributed by atoms with Crippen molar-refractivity contribution in [1.29, 1.82) is 0 Å². The molecule has 0 bridgehead atoms. The lowest BCUT2D eigenvalue weighted by Crippen LogP contribution is -2.11. The van der Waals surface area contributed by atoms with Crippen LogP contribution in [0.4, 0.5) is 5.69 Å². The largest absolute Gasteiger partial charge is 0.449 e. The summed E-state index contributed by atoms with van der Waals surface area (Å²) in [6.45, 7) is 0. The highest BCUT2D eigenvalue weighted by atomic mass is 16.3. The predicted octanol–water partition coefficient (Wildman–Crippen LogP) is 0.509. The van der Waals surface area contributed by atoms with Crippen molar-refractivity contribution in [3.8, 4) is 0 Å². The normalized spacial score (nSPS) is 10.5. The van der Waals surface area contributed by atoms with Crippen molar-refractivity contribution in [2.45, 2.75) is 0 Å². The topological polar surface area (TPSA) is 95.1 Å². The summed E-state index contributed by atoms with van der Waals surface area (Å²) < 4.78 is 5.12. The van der Waals surface area contributed by atoms with Crippen LogP contribution in [0.3, 0.4) is 0 Å². The lowest BCUT2D eigenvalue weighted by Gasteiger charge is -1.88. The molecule has 0 aliphatic heterocycles. The van der Waals surface area contributed by atoms with E-state index in [-0.39, 0.29) is 11.4 Å². The molecule has 0 aromatic carbocycles. The molecule has 2 heterocycles. The number of nitrogen functional groups attached to an aromatic ring is 1. The van der Waals surface area contributed by atoms with Crippen LogP contribution in [0.1, 0.15) is 10.6 Å². The number of nitrogens with zero attached hydrogens (tertiary/aromatic N) is 1. The molecule has 0 fully saturated rings. The molecule has 0 aliphatic carbocycles. The van der Waals surface area contributed by atoms with Crippen molar-refractivity contribution in [3.05, 3.63) is 24.2 Å². The van der Waals surface area contributed by atoms with Gasteiger partial charge in [0, 0.05) is 12.4 Å². The predicted molar refractivity (Wildman–Crippen MR) is 46.9 cm³/mol. The highest BCUT2D eigenvalue weighted by Gasteiger charge is 2.15. The fourth-order valence-electron chi connectivity index (χ4n) is 1.14. The standard InChI is InChI=1S/C8H7N3O2/c9-6-4-3-11-2-1-5(4)13-7(6)8(10)12/h1-3H,9H2,(H2,10,12). The Bertz CT molecular complexity index is 475. The van der Waals surface area contributed by atoms with Gasteiger partial charge in [0.1, 0.15) is 5.58 Å². The number of carbonyl (C=O) groups excluding carboxylic acids is 1. The van der Waals surface area contributed by atoms with Crippen LogP contribution in [0, 0.1) is 0 Å². The van der Waals surface area contributed by atoms with Gasteiger partial charge >= 0.3 is 0 Å². The molecule has 4 N–H and O–H groups in total. The van der Waals surface area contributed by atoms with Crippen molar-refractivity contribution in [3.63, 3.8) is 0 Å². The van der Waals surface area contributed by atoms with Crippen LogP contribution < -0.4 is 11.5 Å². The molecule has 0 unspecified atom stereocenters. The van der Waals surface area contributed by atoms with Crippen LogP contribution in [0.2, 0.25) is 0 Å². The summed E-state index contributed by atoms with van der Waals surface area (Å²) in [6, 6.07) is 1.62. The van der Waals surface area contributed by atoms with E-state index in [4.69, 9.17) is 15.9 Å². The molecule has 0 aliphatic rings. The molecule has 0 saturated carbocycles. The summed E-state index contributed by atoms with van der Waals surface area (Å²) in [6.07, 6.45) is 3.08. The molecule has 5 heteroatoms. The summed E-state index contributed by atoms with van der Waals surface area (Å²) in [5, 5.41) is 0.608. The Kier molecular flexibility index (Phi) is 1.45. The maximum absolute atomic E-state index is 10.8. The summed E-state index contributed by atoms with van der Waals surface area (Å²) >= 11 is 0. The number of primary amides is 1. The monoisotopic (exact) mass is 177 g/mol. The van der Waals surface area contributed by atoms with Gasteiger partial charge in [-0.1, -0.05) is 0 Å². The molecule has 0 saturated heterocycles. The first kappa shape index (κ1) is 7.60. The minimum absolute atomic E-state index is 0.0111. The van der Waals surface area contributed by atoms with Gasteiger partial charge < -0.3 is 15.9 Å². The molecule has 13 heavy (non-hydrogen) atoms. The maximum atomic E-state index is 10.8.